The number of carbonyl (C=O) groups is 1. The Hall–Kier alpha value is -3.07. The van der Waals surface area contributed by atoms with Gasteiger partial charge in [0.05, 0.1) is 17.2 Å². The van der Waals surface area contributed by atoms with E-state index < -0.39 is 4.92 Å². The SMILES string of the molecule is COCc1nc(C)nc(N2CCN(C(C)=O)CC2)c1Cc1ccc([N+](=O)[O-])cc1. The zero-order valence-corrected chi connectivity index (χ0v) is 16.9. The largest absolute Gasteiger partial charge is 0.378 e. The van der Waals surface area contributed by atoms with Crippen molar-refractivity contribution in [3.63, 3.8) is 0 Å². The predicted octanol–water partition coefficient (Wildman–Crippen LogP) is 2.10. The minimum Gasteiger partial charge on any atom is -0.378 e. The molecule has 0 N–H and O–H groups in total. The van der Waals surface area contributed by atoms with E-state index in [2.05, 4.69) is 9.88 Å². The maximum absolute atomic E-state index is 11.6. The fourth-order valence-electron chi connectivity index (χ4n) is 3.51. The zero-order chi connectivity index (χ0) is 21.0. The number of methoxy groups -OCH3 is 1. The van der Waals surface area contributed by atoms with Gasteiger partial charge in [0, 0.05) is 64.3 Å². The lowest BCUT2D eigenvalue weighted by Crippen LogP contribution is -2.48. The van der Waals surface area contributed by atoms with Crippen molar-refractivity contribution in [3.05, 3.63) is 57.0 Å². The molecule has 0 spiro atoms. The van der Waals surface area contributed by atoms with Gasteiger partial charge in [0.1, 0.15) is 11.6 Å². The Kier molecular flexibility index (Phi) is 6.38. The van der Waals surface area contributed by atoms with Crippen LogP contribution in [0.1, 0.15) is 29.6 Å². The third-order valence-corrected chi connectivity index (χ3v) is 5.02. The number of amides is 1. The van der Waals surface area contributed by atoms with Gasteiger partial charge in [-0.1, -0.05) is 12.1 Å². The highest BCUT2D eigenvalue weighted by molar-refractivity contribution is 5.73. The molecule has 1 amide bonds. The van der Waals surface area contributed by atoms with Crippen molar-refractivity contribution in [2.45, 2.75) is 26.9 Å². The summed E-state index contributed by atoms with van der Waals surface area (Å²) in [7, 11) is 1.62. The van der Waals surface area contributed by atoms with Gasteiger partial charge in [-0.3, -0.25) is 14.9 Å². The van der Waals surface area contributed by atoms with Crippen molar-refractivity contribution in [2.24, 2.45) is 0 Å². The fourth-order valence-corrected chi connectivity index (χ4v) is 3.51. The van der Waals surface area contributed by atoms with Crippen LogP contribution in [0.3, 0.4) is 0 Å². The Bertz CT molecular complexity index is 892. The number of hydrogen-bond donors (Lipinski definition) is 0. The number of ether oxygens (including phenoxy) is 1. The summed E-state index contributed by atoms with van der Waals surface area (Å²) in [5.74, 6) is 1.58. The van der Waals surface area contributed by atoms with Gasteiger partial charge < -0.3 is 14.5 Å². The molecule has 1 aromatic heterocycles. The smallest absolute Gasteiger partial charge is 0.269 e. The van der Waals surface area contributed by atoms with Crippen molar-refractivity contribution < 1.29 is 14.5 Å². The second kappa shape index (κ2) is 8.95. The molecule has 9 nitrogen and oxygen atoms in total. The van der Waals surface area contributed by atoms with Gasteiger partial charge in [-0.2, -0.15) is 0 Å². The molecule has 1 aliphatic rings. The maximum Gasteiger partial charge on any atom is 0.269 e. The van der Waals surface area contributed by atoms with E-state index in [1.54, 1.807) is 26.2 Å². The van der Waals surface area contributed by atoms with Crippen LogP contribution in [-0.2, 0) is 22.6 Å². The Morgan fingerprint density at radius 2 is 1.83 bits per heavy atom. The second-order valence-corrected chi connectivity index (χ2v) is 7.05. The molecule has 1 aromatic carbocycles. The van der Waals surface area contributed by atoms with Crippen LogP contribution < -0.4 is 4.90 Å². The van der Waals surface area contributed by atoms with E-state index >= 15 is 0 Å². The topological polar surface area (TPSA) is 102 Å². The molecule has 0 saturated carbocycles. The minimum absolute atomic E-state index is 0.0617. The Morgan fingerprint density at radius 1 is 1.17 bits per heavy atom. The molecule has 1 aliphatic heterocycles. The van der Waals surface area contributed by atoms with Crippen molar-refractivity contribution in [1.82, 2.24) is 14.9 Å². The van der Waals surface area contributed by atoms with E-state index in [-0.39, 0.29) is 11.6 Å². The van der Waals surface area contributed by atoms with Gasteiger partial charge >= 0.3 is 0 Å². The zero-order valence-electron chi connectivity index (χ0n) is 16.9. The summed E-state index contributed by atoms with van der Waals surface area (Å²) in [6.07, 6.45) is 0.541. The molecule has 0 radical (unpaired) electrons. The van der Waals surface area contributed by atoms with E-state index in [1.165, 1.54) is 12.1 Å². The summed E-state index contributed by atoms with van der Waals surface area (Å²) in [5, 5.41) is 10.9. The molecule has 154 valence electrons. The van der Waals surface area contributed by atoms with Gasteiger partial charge in [0.25, 0.3) is 5.69 Å². The third kappa shape index (κ3) is 4.86. The molecule has 1 saturated heterocycles. The first-order chi connectivity index (χ1) is 13.9. The van der Waals surface area contributed by atoms with Crippen LogP contribution >= 0.6 is 0 Å². The van der Waals surface area contributed by atoms with E-state index in [4.69, 9.17) is 9.72 Å². The molecule has 3 rings (SSSR count). The number of piperazine rings is 1. The minimum atomic E-state index is -0.408. The van der Waals surface area contributed by atoms with Gasteiger partial charge in [-0.05, 0) is 12.5 Å². The van der Waals surface area contributed by atoms with Crippen LogP contribution in [0.25, 0.3) is 0 Å². The average molecular weight is 399 g/mol. The molecule has 1 fully saturated rings. The van der Waals surface area contributed by atoms with Crippen molar-refractivity contribution >= 4 is 17.4 Å². The molecule has 9 heteroatoms. The van der Waals surface area contributed by atoms with E-state index in [0.717, 1.165) is 22.6 Å². The number of anilines is 1. The first-order valence-corrected chi connectivity index (χ1v) is 9.48. The molecule has 2 aromatic rings. The molecular weight excluding hydrogens is 374 g/mol. The van der Waals surface area contributed by atoms with Crippen molar-refractivity contribution in [2.75, 3.05) is 38.2 Å². The number of nitro groups is 1. The number of aryl methyl sites for hydroxylation is 1. The predicted molar refractivity (Wildman–Crippen MR) is 108 cm³/mol. The van der Waals surface area contributed by atoms with Crippen LogP contribution in [0.5, 0.6) is 0 Å². The number of carbonyl (C=O) groups excluding carboxylic acids is 1. The number of aromatic nitrogens is 2. The number of hydrogen-bond acceptors (Lipinski definition) is 7. The number of benzene rings is 1. The van der Waals surface area contributed by atoms with Gasteiger partial charge in [0.15, 0.2) is 0 Å². The Morgan fingerprint density at radius 3 is 2.38 bits per heavy atom. The molecule has 2 heterocycles. The number of nitrogens with zero attached hydrogens (tertiary/aromatic N) is 5. The monoisotopic (exact) mass is 399 g/mol. The first kappa shape index (κ1) is 20.7. The van der Waals surface area contributed by atoms with Crippen LogP contribution in [-0.4, -0.2) is 59.0 Å². The summed E-state index contributed by atoms with van der Waals surface area (Å²) in [6, 6.07) is 6.52. The van der Waals surface area contributed by atoms with Crippen LogP contribution in [0.15, 0.2) is 24.3 Å². The van der Waals surface area contributed by atoms with Crippen LogP contribution in [0, 0.1) is 17.0 Å². The normalized spacial score (nSPS) is 14.2. The van der Waals surface area contributed by atoms with Crippen molar-refractivity contribution in [1.29, 1.82) is 0 Å². The highest BCUT2D eigenvalue weighted by Crippen LogP contribution is 2.26. The molecule has 0 bridgehead atoms. The number of rotatable bonds is 6. The molecular formula is C20H25N5O4. The summed E-state index contributed by atoms with van der Waals surface area (Å²) in [4.78, 5) is 35.4. The third-order valence-electron chi connectivity index (χ3n) is 5.02. The maximum atomic E-state index is 11.6. The van der Waals surface area contributed by atoms with E-state index in [0.29, 0.717) is 45.0 Å². The van der Waals surface area contributed by atoms with Crippen molar-refractivity contribution in [3.8, 4) is 0 Å². The first-order valence-electron chi connectivity index (χ1n) is 9.48. The summed E-state index contributed by atoms with van der Waals surface area (Å²) < 4.78 is 5.35. The summed E-state index contributed by atoms with van der Waals surface area (Å²) in [6.45, 7) is 6.47. The van der Waals surface area contributed by atoms with E-state index in [9.17, 15) is 14.9 Å². The number of non-ortho nitro benzene ring substituents is 1. The van der Waals surface area contributed by atoms with Gasteiger partial charge in [-0.25, -0.2) is 9.97 Å². The quantitative estimate of drug-likeness (QED) is 0.541. The summed E-state index contributed by atoms with van der Waals surface area (Å²) in [5.41, 5.74) is 2.75. The highest BCUT2D eigenvalue weighted by Gasteiger charge is 2.24. The molecule has 0 unspecified atom stereocenters. The average Bonchev–Trinajstić information content (AvgIpc) is 2.70. The lowest BCUT2D eigenvalue weighted by atomic mass is 10.0. The summed E-state index contributed by atoms with van der Waals surface area (Å²) >= 11 is 0. The molecule has 0 atom stereocenters. The molecule has 29 heavy (non-hydrogen) atoms. The van der Waals surface area contributed by atoms with E-state index in [1.807, 2.05) is 11.8 Å². The second-order valence-electron chi connectivity index (χ2n) is 7.05. The van der Waals surface area contributed by atoms with Crippen LogP contribution in [0.4, 0.5) is 11.5 Å². The standard InChI is InChI=1S/C20H25N5O4/c1-14-21-19(13-29-3)18(12-16-4-6-17(7-5-16)25(27)28)20(22-14)24-10-8-23(9-11-24)15(2)26/h4-7H,8-13H2,1-3H3. The Balaban J connectivity index is 1.93. The van der Waals surface area contributed by atoms with Gasteiger partial charge in [0.2, 0.25) is 5.91 Å². The van der Waals surface area contributed by atoms with Crippen LogP contribution in [0.2, 0.25) is 0 Å². The Labute approximate surface area is 169 Å². The highest BCUT2D eigenvalue weighted by atomic mass is 16.6. The van der Waals surface area contributed by atoms with Gasteiger partial charge in [-0.15, -0.1) is 0 Å². The lowest BCUT2D eigenvalue weighted by Gasteiger charge is -2.36. The fraction of sp³-hybridized carbons (Fsp3) is 0.450. The molecule has 0 aliphatic carbocycles. The lowest BCUT2D eigenvalue weighted by molar-refractivity contribution is -0.384. The number of nitro benzene ring substituents is 1.